The largest absolute Gasteiger partial charge is 0.373 e. The second-order valence-electron chi connectivity index (χ2n) is 4.41. The molecule has 0 unspecified atom stereocenters. The third-order valence-electron chi connectivity index (χ3n) is 3.12. The van der Waals surface area contributed by atoms with Crippen molar-refractivity contribution in [1.82, 2.24) is 0 Å². The van der Waals surface area contributed by atoms with Gasteiger partial charge in [-0.3, -0.25) is 0 Å². The van der Waals surface area contributed by atoms with Gasteiger partial charge in [-0.15, -0.1) is 0 Å². The minimum absolute atomic E-state index is 0.0282. The molecule has 3 heteroatoms. The molecule has 0 aliphatic carbocycles. The van der Waals surface area contributed by atoms with Gasteiger partial charge in [0.2, 0.25) is 0 Å². The van der Waals surface area contributed by atoms with E-state index in [9.17, 15) is 0 Å². The van der Waals surface area contributed by atoms with E-state index in [1.165, 1.54) is 5.56 Å². The average Bonchev–Trinajstić information content (AvgIpc) is 2.67. The molecule has 86 valence electrons. The number of ether oxygens (including phenoxy) is 3. The molecular formula is C13H16O3. The third-order valence-corrected chi connectivity index (χ3v) is 3.12. The van der Waals surface area contributed by atoms with Gasteiger partial charge in [0.25, 0.3) is 0 Å². The number of rotatable bonds is 3. The summed E-state index contributed by atoms with van der Waals surface area (Å²) < 4.78 is 16.9. The Morgan fingerprint density at radius 3 is 2.88 bits per heavy atom. The molecule has 1 aromatic rings. The zero-order chi connectivity index (χ0) is 10.8. The van der Waals surface area contributed by atoms with Crippen LogP contribution < -0.4 is 0 Å². The maximum atomic E-state index is 5.89. The van der Waals surface area contributed by atoms with Crippen molar-refractivity contribution >= 4 is 0 Å². The minimum atomic E-state index is -0.0282. The van der Waals surface area contributed by atoms with Crippen LogP contribution >= 0.6 is 0 Å². The molecule has 3 rings (SSSR count). The zero-order valence-corrected chi connectivity index (χ0v) is 9.17. The van der Waals surface area contributed by atoms with Gasteiger partial charge < -0.3 is 14.2 Å². The van der Waals surface area contributed by atoms with Gasteiger partial charge in [0.15, 0.2) is 6.29 Å². The zero-order valence-electron chi connectivity index (χ0n) is 9.17. The maximum absolute atomic E-state index is 5.89. The van der Waals surface area contributed by atoms with E-state index in [0.29, 0.717) is 6.61 Å². The molecule has 3 atom stereocenters. The Balaban J connectivity index is 1.52. The van der Waals surface area contributed by atoms with Gasteiger partial charge in [-0.05, 0) is 5.56 Å². The van der Waals surface area contributed by atoms with Crippen molar-refractivity contribution in [1.29, 1.82) is 0 Å². The molecule has 2 aliphatic heterocycles. The van der Waals surface area contributed by atoms with Crippen molar-refractivity contribution in [3.05, 3.63) is 35.9 Å². The Morgan fingerprint density at radius 2 is 2.06 bits per heavy atom. The molecule has 0 saturated carbocycles. The molecule has 0 amide bonds. The summed E-state index contributed by atoms with van der Waals surface area (Å²) in [6, 6.07) is 10.3. The molecular weight excluding hydrogens is 204 g/mol. The Labute approximate surface area is 95.3 Å². The fourth-order valence-electron chi connectivity index (χ4n) is 2.28. The summed E-state index contributed by atoms with van der Waals surface area (Å²) in [6.45, 7) is 1.42. The van der Waals surface area contributed by atoms with Crippen LogP contribution in [0.4, 0.5) is 0 Å². The maximum Gasteiger partial charge on any atom is 0.160 e. The Morgan fingerprint density at radius 1 is 1.19 bits per heavy atom. The van der Waals surface area contributed by atoms with Crippen LogP contribution in [0.15, 0.2) is 30.3 Å². The van der Waals surface area contributed by atoms with E-state index in [2.05, 4.69) is 12.1 Å². The Kier molecular flexibility index (Phi) is 2.91. The molecule has 0 radical (unpaired) electrons. The molecule has 3 nitrogen and oxygen atoms in total. The molecule has 0 aromatic heterocycles. The second-order valence-corrected chi connectivity index (χ2v) is 4.41. The second kappa shape index (κ2) is 4.53. The smallest absolute Gasteiger partial charge is 0.160 e. The van der Waals surface area contributed by atoms with Crippen LogP contribution in [0, 0.1) is 0 Å². The predicted molar refractivity (Wildman–Crippen MR) is 58.9 cm³/mol. The van der Waals surface area contributed by atoms with Crippen LogP contribution in [0.2, 0.25) is 0 Å². The summed E-state index contributed by atoms with van der Waals surface area (Å²) >= 11 is 0. The quantitative estimate of drug-likeness (QED) is 0.780. The molecule has 2 bridgehead atoms. The van der Waals surface area contributed by atoms with Gasteiger partial charge in [-0.1, -0.05) is 30.3 Å². The third kappa shape index (κ3) is 2.26. The van der Waals surface area contributed by atoms with E-state index in [4.69, 9.17) is 14.2 Å². The van der Waals surface area contributed by atoms with Gasteiger partial charge in [-0.25, -0.2) is 0 Å². The van der Waals surface area contributed by atoms with Gasteiger partial charge >= 0.3 is 0 Å². The van der Waals surface area contributed by atoms with Crippen molar-refractivity contribution in [2.75, 3.05) is 6.61 Å². The summed E-state index contributed by atoms with van der Waals surface area (Å²) in [5.74, 6) is 0. The van der Waals surface area contributed by atoms with Crippen molar-refractivity contribution in [2.24, 2.45) is 0 Å². The molecule has 2 saturated heterocycles. The first kappa shape index (κ1) is 10.3. The predicted octanol–water partition coefficient (Wildman–Crippen LogP) is 2.11. The summed E-state index contributed by atoms with van der Waals surface area (Å²) in [7, 11) is 0. The Bertz CT molecular complexity index is 326. The molecule has 0 spiro atoms. The van der Waals surface area contributed by atoms with Crippen molar-refractivity contribution in [2.45, 2.75) is 37.9 Å². The number of fused-ring (bicyclic) bond motifs is 2. The van der Waals surface area contributed by atoms with Crippen molar-refractivity contribution in [3.8, 4) is 0 Å². The van der Waals surface area contributed by atoms with E-state index in [-0.39, 0.29) is 18.5 Å². The molecule has 2 aliphatic rings. The minimum Gasteiger partial charge on any atom is -0.373 e. The standard InChI is InChI=1S/C13H16O3/c1-2-4-10(5-3-1)8-14-11-6-12-9-15-13(7-11)16-12/h1-5,11-13H,6-9H2/t11-,12-,13+/m0/s1. The highest BCUT2D eigenvalue weighted by Gasteiger charge is 2.36. The molecule has 16 heavy (non-hydrogen) atoms. The van der Waals surface area contributed by atoms with Crippen LogP contribution in [-0.4, -0.2) is 25.1 Å². The Hall–Kier alpha value is -0.900. The highest BCUT2D eigenvalue weighted by molar-refractivity contribution is 5.13. The fourth-order valence-corrected chi connectivity index (χ4v) is 2.28. The number of benzene rings is 1. The van der Waals surface area contributed by atoms with Gasteiger partial charge in [0, 0.05) is 12.8 Å². The summed E-state index contributed by atoms with van der Waals surface area (Å²) in [5, 5.41) is 0. The van der Waals surface area contributed by atoms with E-state index < -0.39 is 0 Å². The van der Waals surface area contributed by atoms with E-state index >= 15 is 0 Å². The van der Waals surface area contributed by atoms with Crippen LogP contribution in [0.3, 0.4) is 0 Å². The van der Waals surface area contributed by atoms with Gasteiger partial charge in [0.1, 0.15) is 0 Å². The lowest BCUT2D eigenvalue weighted by Gasteiger charge is -2.26. The molecule has 0 N–H and O–H groups in total. The normalized spacial score (nSPS) is 32.9. The molecule has 1 aromatic carbocycles. The van der Waals surface area contributed by atoms with Crippen LogP contribution in [-0.2, 0) is 20.8 Å². The fraction of sp³-hybridized carbons (Fsp3) is 0.538. The highest BCUT2D eigenvalue weighted by atomic mass is 16.7. The highest BCUT2D eigenvalue weighted by Crippen LogP contribution is 2.29. The van der Waals surface area contributed by atoms with Crippen molar-refractivity contribution in [3.63, 3.8) is 0 Å². The van der Waals surface area contributed by atoms with E-state index in [1.54, 1.807) is 0 Å². The summed E-state index contributed by atoms with van der Waals surface area (Å²) in [6.07, 6.45) is 2.33. The lowest BCUT2D eigenvalue weighted by molar-refractivity contribution is -0.133. The average molecular weight is 220 g/mol. The number of hydrogen-bond donors (Lipinski definition) is 0. The lowest BCUT2D eigenvalue weighted by Crippen LogP contribution is -2.31. The number of hydrogen-bond acceptors (Lipinski definition) is 3. The van der Waals surface area contributed by atoms with Gasteiger partial charge in [0.05, 0.1) is 25.4 Å². The first-order valence-corrected chi connectivity index (χ1v) is 5.83. The summed E-state index contributed by atoms with van der Waals surface area (Å²) in [4.78, 5) is 0. The van der Waals surface area contributed by atoms with Crippen LogP contribution in [0.1, 0.15) is 18.4 Å². The monoisotopic (exact) mass is 220 g/mol. The summed E-state index contributed by atoms with van der Waals surface area (Å²) in [5.41, 5.74) is 1.22. The topological polar surface area (TPSA) is 27.7 Å². The van der Waals surface area contributed by atoms with E-state index in [1.807, 2.05) is 18.2 Å². The first-order valence-electron chi connectivity index (χ1n) is 5.83. The molecule has 2 heterocycles. The van der Waals surface area contributed by atoms with Crippen LogP contribution in [0.25, 0.3) is 0 Å². The van der Waals surface area contributed by atoms with Gasteiger partial charge in [-0.2, -0.15) is 0 Å². The first-order chi connectivity index (χ1) is 7.90. The van der Waals surface area contributed by atoms with Crippen LogP contribution in [0.5, 0.6) is 0 Å². The lowest BCUT2D eigenvalue weighted by atomic mass is 10.1. The molecule has 2 fully saturated rings. The van der Waals surface area contributed by atoms with E-state index in [0.717, 1.165) is 19.4 Å². The van der Waals surface area contributed by atoms with Crippen molar-refractivity contribution < 1.29 is 14.2 Å². The SMILES string of the molecule is c1ccc(CO[C@H]2C[C@H]3CO[C@@H](C2)O3)cc1.